The van der Waals surface area contributed by atoms with Crippen molar-refractivity contribution in [3.05, 3.63) is 35.4 Å². The van der Waals surface area contributed by atoms with Gasteiger partial charge in [-0.15, -0.1) is 0 Å². The van der Waals surface area contributed by atoms with Gasteiger partial charge in [0.15, 0.2) is 0 Å². The minimum absolute atomic E-state index is 0.488. The van der Waals surface area contributed by atoms with E-state index >= 15 is 0 Å². The molecule has 0 bridgehead atoms. The Morgan fingerprint density at radius 1 is 1.29 bits per heavy atom. The van der Waals surface area contributed by atoms with E-state index in [1.165, 1.54) is 12.1 Å². The summed E-state index contributed by atoms with van der Waals surface area (Å²) in [7, 11) is 0. The van der Waals surface area contributed by atoms with Crippen molar-refractivity contribution in [2.75, 3.05) is 19.6 Å². The minimum Gasteiger partial charge on any atom is -0.311 e. The molecule has 1 unspecified atom stereocenters. The first-order chi connectivity index (χ1) is 8.17. The summed E-state index contributed by atoms with van der Waals surface area (Å²) in [5.41, 5.74) is 0.708. The van der Waals surface area contributed by atoms with E-state index in [-0.39, 0.29) is 0 Å². The molecule has 94 valence electrons. The van der Waals surface area contributed by atoms with Gasteiger partial charge in [-0.2, -0.15) is 0 Å². The van der Waals surface area contributed by atoms with E-state index in [9.17, 15) is 8.78 Å². The first-order valence-corrected chi connectivity index (χ1v) is 6.08. The van der Waals surface area contributed by atoms with Crippen molar-refractivity contribution in [1.29, 1.82) is 0 Å². The van der Waals surface area contributed by atoms with E-state index in [1.54, 1.807) is 0 Å². The predicted octanol–water partition coefficient (Wildman–Crippen LogP) is 2.15. The molecule has 17 heavy (non-hydrogen) atoms. The first-order valence-electron chi connectivity index (χ1n) is 6.08. The highest BCUT2D eigenvalue weighted by Gasteiger charge is 2.17. The lowest BCUT2D eigenvalue weighted by Crippen LogP contribution is -2.49. The average molecular weight is 240 g/mol. The molecule has 0 amide bonds. The molecule has 1 aliphatic rings. The van der Waals surface area contributed by atoms with Crippen LogP contribution in [0.15, 0.2) is 18.2 Å². The smallest absolute Gasteiger partial charge is 0.126 e. The molecule has 1 N–H and O–H groups in total. The average Bonchev–Trinajstić information content (AvgIpc) is 2.28. The number of benzene rings is 1. The van der Waals surface area contributed by atoms with E-state index < -0.39 is 11.6 Å². The standard InChI is InChI=1S/C13H18F2N2/c1-2-13-9-17(4-3-16-13)8-10-5-11(14)7-12(15)6-10/h5-7,13,16H,2-4,8-9H2,1H3. The SMILES string of the molecule is CCC1CN(Cc2cc(F)cc(F)c2)CCN1. The molecule has 4 heteroatoms. The molecule has 0 spiro atoms. The van der Waals surface area contributed by atoms with Gasteiger partial charge in [-0.1, -0.05) is 6.92 Å². The number of nitrogens with one attached hydrogen (secondary N) is 1. The van der Waals surface area contributed by atoms with Gasteiger partial charge in [0, 0.05) is 38.3 Å². The molecule has 0 radical (unpaired) electrons. The molecule has 2 rings (SSSR count). The lowest BCUT2D eigenvalue weighted by Gasteiger charge is -2.33. The molecule has 0 aromatic heterocycles. The molecule has 1 saturated heterocycles. The topological polar surface area (TPSA) is 15.3 Å². The zero-order chi connectivity index (χ0) is 12.3. The van der Waals surface area contributed by atoms with E-state index in [1.807, 2.05) is 0 Å². The highest BCUT2D eigenvalue weighted by atomic mass is 19.1. The molecule has 1 heterocycles. The Kier molecular flexibility index (Phi) is 4.07. The van der Waals surface area contributed by atoms with Crippen LogP contribution >= 0.6 is 0 Å². The zero-order valence-corrected chi connectivity index (χ0v) is 10.0. The van der Waals surface area contributed by atoms with Crippen LogP contribution in [-0.4, -0.2) is 30.6 Å². The van der Waals surface area contributed by atoms with Gasteiger partial charge in [0.2, 0.25) is 0 Å². The molecule has 0 saturated carbocycles. The van der Waals surface area contributed by atoms with E-state index in [0.29, 0.717) is 18.2 Å². The van der Waals surface area contributed by atoms with Crippen molar-refractivity contribution in [2.24, 2.45) is 0 Å². The third-order valence-electron chi connectivity index (χ3n) is 3.16. The normalized spacial score (nSPS) is 21.7. The second-order valence-electron chi connectivity index (χ2n) is 4.57. The maximum atomic E-state index is 13.1. The number of hydrogen-bond donors (Lipinski definition) is 1. The highest BCUT2D eigenvalue weighted by Crippen LogP contribution is 2.12. The van der Waals surface area contributed by atoms with Crippen LogP contribution in [0.25, 0.3) is 0 Å². The fraction of sp³-hybridized carbons (Fsp3) is 0.538. The van der Waals surface area contributed by atoms with Crippen LogP contribution in [0, 0.1) is 11.6 Å². The third-order valence-corrected chi connectivity index (χ3v) is 3.16. The zero-order valence-electron chi connectivity index (χ0n) is 10.0. The lowest BCUT2D eigenvalue weighted by molar-refractivity contribution is 0.189. The molecular formula is C13H18F2N2. The second-order valence-corrected chi connectivity index (χ2v) is 4.57. The van der Waals surface area contributed by atoms with Crippen molar-refractivity contribution >= 4 is 0 Å². The number of halogens is 2. The number of piperazine rings is 1. The number of hydrogen-bond acceptors (Lipinski definition) is 2. The largest absolute Gasteiger partial charge is 0.311 e. The molecule has 1 aromatic rings. The Hall–Kier alpha value is -1.00. The molecule has 2 nitrogen and oxygen atoms in total. The molecule has 1 fully saturated rings. The fourth-order valence-corrected chi connectivity index (χ4v) is 2.27. The molecule has 0 aliphatic carbocycles. The van der Waals surface area contributed by atoms with Gasteiger partial charge in [0.05, 0.1) is 0 Å². The van der Waals surface area contributed by atoms with Gasteiger partial charge in [0.25, 0.3) is 0 Å². The lowest BCUT2D eigenvalue weighted by atomic mass is 10.1. The Bertz CT molecular complexity index is 361. The van der Waals surface area contributed by atoms with Crippen LogP contribution in [0.3, 0.4) is 0 Å². The Balaban J connectivity index is 2.00. The maximum absolute atomic E-state index is 13.1. The van der Waals surface area contributed by atoms with Crippen molar-refractivity contribution in [3.63, 3.8) is 0 Å². The quantitative estimate of drug-likeness (QED) is 0.871. The van der Waals surface area contributed by atoms with Gasteiger partial charge in [-0.05, 0) is 24.1 Å². The van der Waals surface area contributed by atoms with Crippen LogP contribution in [0.2, 0.25) is 0 Å². The fourth-order valence-electron chi connectivity index (χ4n) is 2.27. The summed E-state index contributed by atoms with van der Waals surface area (Å²) in [5.74, 6) is -0.996. The van der Waals surface area contributed by atoms with Crippen LogP contribution in [0.1, 0.15) is 18.9 Å². The minimum atomic E-state index is -0.498. The van der Waals surface area contributed by atoms with Gasteiger partial charge >= 0.3 is 0 Å². The summed E-state index contributed by atoms with van der Waals surface area (Å²) in [6.45, 7) is 5.56. The van der Waals surface area contributed by atoms with Gasteiger partial charge in [0.1, 0.15) is 11.6 Å². The Morgan fingerprint density at radius 2 is 2.00 bits per heavy atom. The Labute approximate surface area is 101 Å². The van der Waals surface area contributed by atoms with E-state index in [0.717, 1.165) is 32.1 Å². The summed E-state index contributed by atoms with van der Waals surface area (Å²) < 4.78 is 26.1. The summed E-state index contributed by atoms with van der Waals surface area (Å²) in [5, 5.41) is 3.42. The summed E-state index contributed by atoms with van der Waals surface area (Å²) >= 11 is 0. The van der Waals surface area contributed by atoms with E-state index in [4.69, 9.17) is 0 Å². The maximum Gasteiger partial charge on any atom is 0.126 e. The molecular weight excluding hydrogens is 222 g/mol. The van der Waals surface area contributed by atoms with Crippen LogP contribution in [0.4, 0.5) is 8.78 Å². The Morgan fingerprint density at radius 3 is 2.65 bits per heavy atom. The van der Waals surface area contributed by atoms with Crippen LogP contribution < -0.4 is 5.32 Å². The number of nitrogens with zero attached hydrogens (tertiary/aromatic N) is 1. The van der Waals surface area contributed by atoms with Crippen molar-refractivity contribution in [3.8, 4) is 0 Å². The van der Waals surface area contributed by atoms with Gasteiger partial charge < -0.3 is 5.32 Å². The van der Waals surface area contributed by atoms with E-state index in [2.05, 4.69) is 17.1 Å². The second kappa shape index (κ2) is 5.56. The molecule has 1 aromatic carbocycles. The third kappa shape index (κ3) is 3.48. The van der Waals surface area contributed by atoms with Crippen molar-refractivity contribution < 1.29 is 8.78 Å². The highest BCUT2D eigenvalue weighted by molar-refractivity contribution is 5.17. The van der Waals surface area contributed by atoms with Gasteiger partial charge in [-0.3, -0.25) is 4.90 Å². The van der Waals surface area contributed by atoms with Crippen LogP contribution in [0.5, 0.6) is 0 Å². The van der Waals surface area contributed by atoms with Crippen molar-refractivity contribution in [2.45, 2.75) is 25.9 Å². The molecule has 1 atom stereocenters. The predicted molar refractivity (Wildman–Crippen MR) is 63.7 cm³/mol. The van der Waals surface area contributed by atoms with Crippen molar-refractivity contribution in [1.82, 2.24) is 10.2 Å². The van der Waals surface area contributed by atoms with Crippen LogP contribution in [-0.2, 0) is 6.54 Å². The summed E-state index contributed by atoms with van der Waals surface area (Å²) in [6.07, 6.45) is 1.08. The van der Waals surface area contributed by atoms with Gasteiger partial charge in [-0.25, -0.2) is 8.78 Å². The summed E-state index contributed by atoms with van der Waals surface area (Å²) in [4.78, 5) is 2.24. The number of rotatable bonds is 3. The molecule has 1 aliphatic heterocycles. The first kappa shape index (κ1) is 12.5. The monoisotopic (exact) mass is 240 g/mol. The summed E-state index contributed by atoms with van der Waals surface area (Å²) in [6, 6.07) is 4.22.